The van der Waals surface area contributed by atoms with Crippen LogP contribution in [0.4, 0.5) is 10.1 Å². The molecule has 1 N–H and O–H groups in total. The maximum Gasteiger partial charge on any atom is 0.132 e. The van der Waals surface area contributed by atoms with Gasteiger partial charge < -0.3 is 10.2 Å². The average Bonchev–Trinajstić information content (AvgIpc) is 3.11. The molecule has 1 fully saturated rings. The molecule has 1 saturated heterocycles. The van der Waals surface area contributed by atoms with E-state index < -0.39 is 0 Å². The molecule has 5 rings (SSSR count). The van der Waals surface area contributed by atoms with Crippen molar-refractivity contribution >= 4 is 17.3 Å². The molecule has 0 bridgehead atoms. The Morgan fingerprint density at radius 1 is 1.22 bits per heavy atom. The third kappa shape index (κ3) is 1.96. The lowest BCUT2D eigenvalue weighted by molar-refractivity contribution is 0.405. The molecule has 23 heavy (non-hydrogen) atoms. The van der Waals surface area contributed by atoms with E-state index in [4.69, 9.17) is 11.6 Å². The normalized spacial score (nSPS) is 24.7. The number of halogens is 2. The lowest BCUT2D eigenvalue weighted by Crippen LogP contribution is -2.43. The summed E-state index contributed by atoms with van der Waals surface area (Å²) < 4.78 is 14.4. The zero-order valence-corrected chi connectivity index (χ0v) is 13.5. The van der Waals surface area contributed by atoms with Crippen LogP contribution in [0.1, 0.15) is 23.5 Å². The Morgan fingerprint density at radius 3 is 3.00 bits per heavy atom. The van der Waals surface area contributed by atoms with Gasteiger partial charge in [0, 0.05) is 41.3 Å². The summed E-state index contributed by atoms with van der Waals surface area (Å²) in [5.41, 5.74) is 5.85. The van der Waals surface area contributed by atoms with Crippen LogP contribution in [0.15, 0.2) is 30.3 Å². The van der Waals surface area contributed by atoms with E-state index in [1.807, 2.05) is 0 Å². The Kier molecular flexibility index (Phi) is 2.98. The molecule has 2 atom stereocenters. The van der Waals surface area contributed by atoms with Crippen LogP contribution in [0.25, 0.3) is 11.1 Å². The lowest BCUT2D eigenvalue weighted by Gasteiger charge is -2.32. The van der Waals surface area contributed by atoms with Crippen molar-refractivity contribution in [2.24, 2.45) is 0 Å². The van der Waals surface area contributed by atoms with Crippen LogP contribution in [0.5, 0.6) is 0 Å². The van der Waals surface area contributed by atoms with Crippen LogP contribution in [0.2, 0.25) is 5.02 Å². The number of anilines is 1. The Balaban J connectivity index is 1.67. The second-order valence-electron chi connectivity index (χ2n) is 6.81. The molecule has 0 saturated carbocycles. The van der Waals surface area contributed by atoms with E-state index in [2.05, 4.69) is 22.3 Å². The highest BCUT2D eigenvalue weighted by molar-refractivity contribution is 6.30. The van der Waals surface area contributed by atoms with Gasteiger partial charge in [-0.3, -0.25) is 0 Å². The summed E-state index contributed by atoms with van der Waals surface area (Å²) in [7, 11) is 0. The van der Waals surface area contributed by atoms with E-state index in [1.165, 1.54) is 29.3 Å². The lowest BCUT2D eigenvalue weighted by atomic mass is 9.87. The number of nitrogens with one attached hydrogen (secondary N) is 1. The summed E-state index contributed by atoms with van der Waals surface area (Å²) in [4.78, 5) is 2.60. The highest BCUT2D eigenvalue weighted by atomic mass is 35.5. The maximum absolute atomic E-state index is 14.4. The number of rotatable bonds is 1. The average molecular weight is 329 g/mol. The third-order valence-electron chi connectivity index (χ3n) is 5.62. The number of nitrogens with zero attached hydrogens (tertiary/aromatic N) is 1. The molecule has 0 unspecified atom stereocenters. The molecule has 0 radical (unpaired) electrons. The van der Waals surface area contributed by atoms with Crippen molar-refractivity contribution in [1.29, 1.82) is 0 Å². The smallest absolute Gasteiger partial charge is 0.132 e. The van der Waals surface area contributed by atoms with Gasteiger partial charge >= 0.3 is 0 Å². The van der Waals surface area contributed by atoms with E-state index in [9.17, 15) is 4.39 Å². The molecule has 4 heteroatoms. The van der Waals surface area contributed by atoms with E-state index in [0.29, 0.717) is 22.5 Å². The number of hydrogen-bond acceptors (Lipinski definition) is 2. The minimum absolute atomic E-state index is 0.240. The van der Waals surface area contributed by atoms with Crippen molar-refractivity contribution in [3.05, 3.63) is 52.3 Å². The predicted octanol–water partition coefficient (Wildman–Crippen LogP) is 3.97. The van der Waals surface area contributed by atoms with Gasteiger partial charge in [-0.05, 0) is 66.4 Å². The molecule has 2 nitrogen and oxygen atoms in total. The first kappa shape index (κ1) is 13.8. The predicted molar refractivity (Wildman–Crippen MR) is 91.9 cm³/mol. The summed E-state index contributed by atoms with van der Waals surface area (Å²) in [5, 5.41) is 3.97. The van der Waals surface area contributed by atoms with Gasteiger partial charge in [0.1, 0.15) is 5.82 Å². The fraction of sp³-hybridized carbons (Fsp3) is 0.368. The molecular formula is C19H18ClFN2. The quantitative estimate of drug-likeness (QED) is 0.852. The fourth-order valence-corrected chi connectivity index (χ4v) is 4.80. The molecule has 3 heterocycles. The van der Waals surface area contributed by atoms with Crippen LogP contribution >= 0.6 is 11.6 Å². The Bertz CT molecular complexity index is 804. The Morgan fingerprint density at radius 2 is 2.13 bits per heavy atom. The highest BCUT2D eigenvalue weighted by Gasteiger charge is 2.43. The highest BCUT2D eigenvalue weighted by Crippen LogP contribution is 2.49. The fourth-order valence-electron chi connectivity index (χ4n) is 4.64. The first-order valence-electron chi connectivity index (χ1n) is 8.32. The van der Waals surface area contributed by atoms with Crippen molar-refractivity contribution in [3.63, 3.8) is 0 Å². The van der Waals surface area contributed by atoms with Gasteiger partial charge in [-0.1, -0.05) is 11.6 Å². The number of fused-ring (bicyclic) bond motifs is 3. The number of hydrogen-bond donors (Lipinski definition) is 1. The van der Waals surface area contributed by atoms with E-state index in [0.717, 1.165) is 31.6 Å². The van der Waals surface area contributed by atoms with Gasteiger partial charge in [0.05, 0.1) is 0 Å². The summed E-state index contributed by atoms with van der Waals surface area (Å²) in [6.07, 6.45) is 2.27. The molecule has 0 aromatic heterocycles. The molecular weight excluding hydrogens is 311 g/mol. The van der Waals surface area contributed by atoms with Crippen LogP contribution in [-0.2, 0) is 6.42 Å². The zero-order valence-electron chi connectivity index (χ0n) is 12.8. The minimum atomic E-state index is -0.240. The minimum Gasteiger partial charge on any atom is -0.367 e. The monoisotopic (exact) mass is 328 g/mol. The zero-order chi connectivity index (χ0) is 15.6. The first-order valence-corrected chi connectivity index (χ1v) is 8.70. The van der Waals surface area contributed by atoms with Gasteiger partial charge in [0.15, 0.2) is 0 Å². The van der Waals surface area contributed by atoms with E-state index in [1.54, 1.807) is 12.1 Å². The summed E-state index contributed by atoms with van der Waals surface area (Å²) >= 11 is 5.90. The van der Waals surface area contributed by atoms with Crippen LogP contribution in [-0.4, -0.2) is 25.7 Å². The Labute approximate surface area is 140 Å². The summed E-state index contributed by atoms with van der Waals surface area (Å²) in [6, 6.07) is 9.98. The number of benzene rings is 2. The molecule has 3 aliphatic rings. The molecule has 2 aromatic rings. The summed E-state index contributed by atoms with van der Waals surface area (Å²) in [6.45, 7) is 3.23. The van der Waals surface area contributed by atoms with Crippen molar-refractivity contribution < 1.29 is 4.39 Å². The van der Waals surface area contributed by atoms with Crippen molar-refractivity contribution in [3.8, 4) is 11.1 Å². The summed E-state index contributed by atoms with van der Waals surface area (Å²) in [5.74, 6) is 0.295. The second-order valence-corrected chi connectivity index (χ2v) is 7.24. The topological polar surface area (TPSA) is 15.3 Å². The van der Waals surface area contributed by atoms with Crippen molar-refractivity contribution in [1.82, 2.24) is 5.32 Å². The van der Waals surface area contributed by atoms with Gasteiger partial charge in [-0.2, -0.15) is 0 Å². The van der Waals surface area contributed by atoms with Crippen LogP contribution in [0, 0.1) is 5.82 Å². The molecule has 0 aliphatic carbocycles. The number of piperidine rings is 1. The molecule has 0 spiro atoms. The van der Waals surface area contributed by atoms with Crippen molar-refractivity contribution in [2.45, 2.75) is 24.8 Å². The third-order valence-corrected chi connectivity index (χ3v) is 5.85. The first-order chi connectivity index (χ1) is 11.2. The van der Waals surface area contributed by atoms with Gasteiger partial charge in [-0.25, -0.2) is 4.39 Å². The second kappa shape index (κ2) is 4.96. The van der Waals surface area contributed by atoms with Crippen LogP contribution < -0.4 is 10.2 Å². The van der Waals surface area contributed by atoms with Crippen molar-refractivity contribution in [2.75, 3.05) is 24.5 Å². The standard InChI is InChI=1S/C19H18ClFN2/c20-13-1-2-14(17(21)9-13)12-7-11-4-6-23-18-3-5-22-10-16(18)15(8-12)19(11)23/h1-2,7-9,16,18,22H,3-6,10H2/t16-,18-/m1/s1. The maximum atomic E-state index is 14.4. The van der Waals surface area contributed by atoms with Crippen LogP contribution in [0.3, 0.4) is 0 Å². The Hall–Kier alpha value is -1.58. The van der Waals surface area contributed by atoms with Gasteiger partial charge in [0.25, 0.3) is 0 Å². The molecule has 3 aliphatic heterocycles. The molecule has 2 aromatic carbocycles. The van der Waals surface area contributed by atoms with Gasteiger partial charge in [0.2, 0.25) is 0 Å². The largest absolute Gasteiger partial charge is 0.367 e. The molecule has 0 amide bonds. The van der Waals surface area contributed by atoms with E-state index in [-0.39, 0.29) is 5.82 Å². The SMILES string of the molecule is Fc1cc(Cl)ccc1-c1cc2c3c(c1)[C@H]1CNCC[C@H]1N3CC2. The van der Waals surface area contributed by atoms with Gasteiger partial charge in [-0.15, -0.1) is 0 Å². The molecule has 118 valence electrons. The van der Waals surface area contributed by atoms with E-state index >= 15 is 0 Å².